The normalized spacial score (nSPS) is 17.4. The van der Waals surface area contributed by atoms with Gasteiger partial charge in [0.05, 0.1) is 12.2 Å². The molecule has 3 heterocycles. The van der Waals surface area contributed by atoms with E-state index < -0.39 is 0 Å². The molecule has 1 fully saturated rings. The first-order valence-corrected chi connectivity index (χ1v) is 10.1. The van der Waals surface area contributed by atoms with Gasteiger partial charge in [0.1, 0.15) is 5.52 Å². The molecule has 1 aliphatic heterocycles. The highest BCUT2D eigenvalue weighted by Gasteiger charge is 2.24. The standard InChI is InChI=1S/C22H29N5O/c1-4-18-12-19(26-11-7-10-17(23)14-26)20-21(24-18)25(3)22(28)27(20)13-16-9-6-5-8-15(16)2/h5-6,8-9,12,17H,4,7,10-11,13-14,23H2,1-3H3/t17-/m1/s1. The number of pyridine rings is 1. The molecule has 2 N–H and O–H groups in total. The Morgan fingerprint density at radius 1 is 1.29 bits per heavy atom. The minimum Gasteiger partial charge on any atom is -0.368 e. The van der Waals surface area contributed by atoms with E-state index in [-0.39, 0.29) is 11.7 Å². The van der Waals surface area contributed by atoms with Gasteiger partial charge in [-0.2, -0.15) is 0 Å². The number of fused-ring (bicyclic) bond motifs is 1. The molecule has 0 aliphatic carbocycles. The summed E-state index contributed by atoms with van der Waals surface area (Å²) in [6.45, 7) is 6.51. The third-order valence-corrected chi connectivity index (χ3v) is 5.86. The summed E-state index contributed by atoms with van der Waals surface area (Å²) in [5.41, 5.74) is 12.3. The number of anilines is 1. The highest BCUT2D eigenvalue weighted by atomic mass is 16.1. The summed E-state index contributed by atoms with van der Waals surface area (Å²) in [5.74, 6) is 0. The van der Waals surface area contributed by atoms with Crippen LogP contribution in [0.5, 0.6) is 0 Å². The Bertz CT molecular complexity index is 1060. The number of rotatable bonds is 4. The van der Waals surface area contributed by atoms with E-state index in [4.69, 9.17) is 10.7 Å². The van der Waals surface area contributed by atoms with Gasteiger partial charge in [-0.25, -0.2) is 9.78 Å². The van der Waals surface area contributed by atoms with Crippen LogP contribution in [-0.2, 0) is 20.0 Å². The summed E-state index contributed by atoms with van der Waals surface area (Å²) in [6.07, 6.45) is 2.96. The van der Waals surface area contributed by atoms with Crippen molar-refractivity contribution < 1.29 is 0 Å². The second-order valence-corrected chi connectivity index (χ2v) is 7.86. The van der Waals surface area contributed by atoms with Crippen LogP contribution in [0.2, 0.25) is 0 Å². The number of hydrogen-bond acceptors (Lipinski definition) is 4. The minimum absolute atomic E-state index is 0.0263. The Labute approximate surface area is 165 Å². The number of benzene rings is 1. The van der Waals surface area contributed by atoms with Gasteiger partial charge in [-0.3, -0.25) is 9.13 Å². The molecule has 28 heavy (non-hydrogen) atoms. The van der Waals surface area contributed by atoms with Crippen LogP contribution in [0.4, 0.5) is 5.69 Å². The molecular formula is C22H29N5O. The topological polar surface area (TPSA) is 69.1 Å². The largest absolute Gasteiger partial charge is 0.368 e. The lowest BCUT2D eigenvalue weighted by Gasteiger charge is -2.33. The van der Waals surface area contributed by atoms with E-state index in [1.54, 1.807) is 4.57 Å². The maximum atomic E-state index is 13.1. The van der Waals surface area contributed by atoms with Gasteiger partial charge < -0.3 is 10.6 Å². The molecule has 0 radical (unpaired) electrons. The summed E-state index contributed by atoms with van der Waals surface area (Å²) in [5, 5.41) is 0. The Kier molecular flexibility index (Phi) is 4.98. The van der Waals surface area contributed by atoms with Gasteiger partial charge in [0.25, 0.3) is 0 Å². The number of nitrogens with two attached hydrogens (primary N) is 1. The second-order valence-electron chi connectivity index (χ2n) is 7.86. The molecule has 0 amide bonds. The highest BCUT2D eigenvalue weighted by molar-refractivity contribution is 5.87. The Morgan fingerprint density at radius 2 is 2.07 bits per heavy atom. The maximum Gasteiger partial charge on any atom is 0.330 e. The molecule has 0 saturated carbocycles. The van der Waals surface area contributed by atoms with Gasteiger partial charge in [-0.15, -0.1) is 0 Å². The first-order chi connectivity index (χ1) is 13.5. The van der Waals surface area contributed by atoms with Gasteiger partial charge in [0, 0.05) is 31.9 Å². The van der Waals surface area contributed by atoms with Gasteiger partial charge in [0.15, 0.2) is 5.65 Å². The van der Waals surface area contributed by atoms with E-state index in [0.29, 0.717) is 6.54 Å². The molecular weight excluding hydrogens is 350 g/mol. The van der Waals surface area contributed by atoms with Gasteiger partial charge in [-0.1, -0.05) is 31.2 Å². The van der Waals surface area contributed by atoms with Gasteiger partial charge in [0.2, 0.25) is 0 Å². The van der Waals surface area contributed by atoms with Crippen LogP contribution in [0.1, 0.15) is 36.6 Å². The van der Waals surface area contributed by atoms with Gasteiger partial charge in [-0.05, 0) is 43.4 Å². The van der Waals surface area contributed by atoms with Crippen molar-refractivity contribution in [2.24, 2.45) is 12.8 Å². The number of nitrogens with zero attached hydrogens (tertiary/aromatic N) is 4. The van der Waals surface area contributed by atoms with Crippen LogP contribution in [0.3, 0.4) is 0 Å². The van der Waals surface area contributed by atoms with Crippen molar-refractivity contribution in [1.82, 2.24) is 14.1 Å². The zero-order valence-corrected chi connectivity index (χ0v) is 17.0. The number of aromatic nitrogens is 3. The Morgan fingerprint density at radius 3 is 2.79 bits per heavy atom. The fraction of sp³-hybridized carbons (Fsp3) is 0.455. The van der Waals surface area contributed by atoms with Crippen LogP contribution >= 0.6 is 0 Å². The molecule has 1 aromatic carbocycles. The molecule has 2 aromatic heterocycles. The lowest BCUT2D eigenvalue weighted by molar-refractivity contribution is 0.506. The lowest BCUT2D eigenvalue weighted by atomic mass is 10.1. The average Bonchev–Trinajstić information content (AvgIpc) is 2.94. The molecule has 3 aromatic rings. The van der Waals surface area contributed by atoms with Crippen LogP contribution in [0, 0.1) is 6.92 Å². The number of imidazole rings is 1. The summed E-state index contributed by atoms with van der Waals surface area (Å²) >= 11 is 0. The monoisotopic (exact) mass is 379 g/mol. The van der Waals surface area contributed by atoms with Crippen molar-refractivity contribution in [2.45, 2.75) is 45.7 Å². The molecule has 1 aliphatic rings. The number of hydrogen-bond donors (Lipinski definition) is 1. The smallest absolute Gasteiger partial charge is 0.330 e. The van der Waals surface area contributed by atoms with Crippen molar-refractivity contribution in [3.63, 3.8) is 0 Å². The minimum atomic E-state index is -0.0263. The summed E-state index contributed by atoms with van der Waals surface area (Å²) in [4.78, 5) is 20.3. The summed E-state index contributed by atoms with van der Waals surface area (Å²) in [6, 6.07) is 10.5. The molecule has 1 saturated heterocycles. The van der Waals surface area contributed by atoms with Gasteiger partial charge >= 0.3 is 5.69 Å². The lowest BCUT2D eigenvalue weighted by Crippen LogP contribution is -2.43. The van der Waals surface area contributed by atoms with E-state index in [9.17, 15) is 4.79 Å². The molecule has 148 valence electrons. The molecule has 0 spiro atoms. The third-order valence-electron chi connectivity index (χ3n) is 5.86. The number of aryl methyl sites for hydroxylation is 3. The first-order valence-electron chi connectivity index (χ1n) is 10.1. The van der Waals surface area contributed by atoms with E-state index in [0.717, 1.165) is 60.5 Å². The summed E-state index contributed by atoms with van der Waals surface area (Å²) in [7, 11) is 1.82. The summed E-state index contributed by atoms with van der Waals surface area (Å²) < 4.78 is 3.56. The second kappa shape index (κ2) is 7.43. The quantitative estimate of drug-likeness (QED) is 0.756. The van der Waals surface area contributed by atoms with Crippen molar-refractivity contribution in [3.05, 3.63) is 57.6 Å². The fourth-order valence-electron chi connectivity index (χ4n) is 4.18. The zero-order chi connectivity index (χ0) is 19.8. The highest BCUT2D eigenvalue weighted by Crippen LogP contribution is 2.29. The molecule has 6 heteroatoms. The van der Waals surface area contributed by atoms with Crippen molar-refractivity contribution >= 4 is 16.9 Å². The van der Waals surface area contributed by atoms with E-state index in [1.165, 1.54) is 5.56 Å². The molecule has 0 unspecified atom stereocenters. The van der Waals surface area contributed by atoms with Crippen LogP contribution in [-0.4, -0.2) is 33.2 Å². The maximum absolute atomic E-state index is 13.1. The predicted molar refractivity (Wildman–Crippen MR) is 114 cm³/mol. The Balaban J connectivity index is 1.93. The van der Waals surface area contributed by atoms with Crippen molar-refractivity contribution in [3.8, 4) is 0 Å². The average molecular weight is 380 g/mol. The van der Waals surface area contributed by atoms with E-state index in [2.05, 4.69) is 36.9 Å². The van der Waals surface area contributed by atoms with E-state index >= 15 is 0 Å². The van der Waals surface area contributed by atoms with E-state index in [1.807, 2.05) is 23.7 Å². The molecule has 0 bridgehead atoms. The van der Waals surface area contributed by atoms with Crippen LogP contribution < -0.4 is 16.3 Å². The molecule has 1 atom stereocenters. The SMILES string of the molecule is CCc1cc(N2CCC[C@@H](N)C2)c2c(n1)n(C)c(=O)n2Cc1ccccc1C. The predicted octanol–water partition coefficient (Wildman–Crippen LogP) is 2.58. The van der Waals surface area contributed by atoms with Crippen LogP contribution in [0.25, 0.3) is 11.2 Å². The van der Waals surface area contributed by atoms with Crippen molar-refractivity contribution in [1.29, 1.82) is 0 Å². The first kappa shape index (κ1) is 18.7. The van der Waals surface area contributed by atoms with Crippen molar-refractivity contribution in [2.75, 3.05) is 18.0 Å². The molecule has 4 rings (SSSR count). The zero-order valence-electron chi connectivity index (χ0n) is 17.0. The number of piperidine rings is 1. The fourth-order valence-corrected chi connectivity index (χ4v) is 4.18. The van der Waals surface area contributed by atoms with Crippen LogP contribution in [0.15, 0.2) is 35.1 Å². The Hall–Kier alpha value is -2.60. The third kappa shape index (κ3) is 3.22. The molecule has 6 nitrogen and oxygen atoms in total.